The summed E-state index contributed by atoms with van der Waals surface area (Å²) >= 11 is 0. The van der Waals surface area contributed by atoms with E-state index in [-0.39, 0.29) is 35.2 Å². The fraction of sp³-hybridized carbons (Fsp3) is 0.400. The van der Waals surface area contributed by atoms with Crippen molar-refractivity contribution in [2.75, 3.05) is 6.61 Å². The first-order chi connectivity index (χ1) is 17.3. The van der Waals surface area contributed by atoms with Gasteiger partial charge in [-0.25, -0.2) is 17.6 Å². The molecule has 1 saturated carbocycles. The molecular formula is C30H30F4O2. The van der Waals surface area contributed by atoms with E-state index in [4.69, 9.17) is 4.74 Å². The molecule has 3 aromatic carbocycles. The first kappa shape index (κ1) is 25.0. The lowest BCUT2D eigenvalue weighted by Gasteiger charge is -2.30. The van der Waals surface area contributed by atoms with Crippen molar-refractivity contribution in [3.8, 4) is 11.1 Å². The van der Waals surface area contributed by atoms with E-state index in [1.807, 2.05) is 0 Å². The highest BCUT2D eigenvalue weighted by atomic mass is 19.2. The van der Waals surface area contributed by atoms with Gasteiger partial charge in [-0.05, 0) is 79.5 Å². The molecule has 1 heterocycles. The predicted octanol–water partition coefficient (Wildman–Crippen LogP) is 7.42. The average molecular weight is 499 g/mol. The molecule has 6 heteroatoms. The monoisotopic (exact) mass is 498 g/mol. The highest BCUT2D eigenvalue weighted by molar-refractivity contribution is 5.65. The zero-order valence-electron chi connectivity index (χ0n) is 20.2. The van der Waals surface area contributed by atoms with Crippen LogP contribution in [0.2, 0.25) is 0 Å². The molecular weight excluding hydrogens is 468 g/mol. The van der Waals surface area contributed by atoms with Gasteiger partial charge in [0.1, 0.15) is 6.10 Å². The molecule has 2 aliphatic rings. The van der Waals surface area contributed by atoms with E-state index in [2.05, 4.69) is 0 Å². The zero-order valence-corrected chi connectivity index (χ0v) is 20.2. The third-order valence-corrected chi connectivity index (χ3v) is 7.83. The lowest BCUT2D eigenvalue weighted by Crippen LogP contribution is -2.23. The number of aliphatic hydroxyl groups excluding tert-OH is 1. The second kappa shape index (κ2) is 10.3. The van der Waals surface area contributed by atoms with Crippen molar-refractivity contribution in [2.24, 2.45) is 5.92 Å². The molecule has 1 aliphatic heterocycles. The minimum absolute atomic E-state index is 0.0211. The molecule has 3 aromatic rings. The third kappa shape index (κ3) is 5.07. The van der Waals surface area contributed by atoms with Crippen molar-refractivity contribution >= 4 is 0 Å². The molecule has 1 saturated heterocycles. The van der Waals surface area contributed by atoms with Crippen LogP contribution in [-0.4, -0.2) is 17.8 Å². The van der Waals surface area contributed by atoms with Crippen LogP contribution in [0.25, 0.3) is 11.1 Å². The molecule has 0 amide bonds. The number of aliphatic hydroxyl groups is 1. The molecule has 2 unspecified atom stereocenters. The summed E-state index contributed by atoms with van der Waals surface area (Å²) in [5.74, 6) is -3.12. The summed E-state index contributed by atoms with van der Waals surface area (Å²) in [5, 5.41) is 9.78. The Morgan fingerprint density at radius 3 is 2.06 bits per heavy atom. The first-order valence-corrected chi connectivity index (χ1v) is 12.7. The van der Waals surface area contributed by atoms with Gasteiger partial charge in [-0.15, -0.1) is 0 Å². The fourth-order valence-electron chi connectivity index (χ4n) is 5.42. The Balaban J connectivity index is 1.24. The minimum atomic E-state index is -0.896. The van der Waals surface area contributed by atoms with Crippen LogP contribution in [0.4, 0.5) is 17.6 Å². The number of rotatable bonds is 7. The number of aryl methyl sites for hydroxylation is 2. The van der Waals surface area contributed by atoms with Gasteiger partial charge in [-0.2, -0.15) is 0 Å². The first-order valence-electron chi connectivity index (χ1n) is 12.7. The Hall–Kier alpha value is -2.70. The summed E-state index contributed by atoms with van der Waals surface area (Å²) in [4.78, 5) is 0. The Labute approximate surface area is 208 Å². The van der Waals surface area contributed by atoms with Crippen molar-refractivity contribution in [1.29, 1.82) is 0 Å². The molecule has 0 bridgehead atoms. The molecule has 1 aliphatic carbocycles. The van der Waals surface area contributed by atoms with Crippen molar-refractivity contribution in [3.63, 3.8) is 0 Å². The molecule has 0 aromatic heterocycles. The largest absolute Gasteiger partial charge is 0.393 e. The SMILES string of the molecule is CC(O)C1CCC(c2ccc(CCc3ccc(-c4ccc(C5CO5)c(F)c4F)cc3)c(F)c2F)CC1. The Kier molecular flexibility index (Phi) is 7.18. The summed E-state index contributed by atoms with van der Waals surface area (Å²) in [7, 11) is 0. The summed E-state index contributed by atoms with van der Waals surface area (Å²) in [6.07, 6.45) is 3.22. The third-order valence-electron chi connectivity index (χ3n) is 7.83. The van der Waals surface area contributed by atoms with E-state index >= 15 is 0 Å². The van der Waals surface area contributed by atoms with Crippen molar-refractivity contribution in [2.45, 2.75) is 63.6 Å². The van der Waals surface area contributed by atoms with E-state index < -0.39 is 23.3 Å². The molecule has 190 valence electrons. The van der Waals surface area contributed by atoms with Gasteiger partial charge in [0.2, 0.25) is 0 Å². The van der Waals surface area contributed by atoms with Gasteiger partial charge in [0.15, 0.2) is 23.3 Å². The van der Waals surface area contributed by atoms with Crippen LogP contribution in [0.15, 0.2) is 48.5 Å². The van der Waals surface area contributed by atoms with E-state index in [1.54, 1.807) is 55.5 Å². The van der Waals surface area contributed by atoms with E-state index in [0.717, 1.165) is 31.2 Å². The second-order valence-electron chi connectivity index (χ2n) is 10.1. The maximum absolute atomic E-state index is 14.9. The number of hydrogen-bond donors (Lipinski definition) is 1. The summed E-state index contributed by atoms with van der Waals surface area (Å²) in [5.41, 5.74) is 2.60. The zero-order chi connectivity index (χ0) is 25.4. The van der Waals surface area contributed by atoms with Crippen LogP contribution >= 0.6 is 0 Å². The quantitative estimate of drug-likeness (QED) is 0.272. The molecule has 5 rings (SSSR count). The van der Waals surface area contributed by atoms with E-state index in [1.165, 1.54) is 0 Å². The van der Waals surface area contributed by atoms with Gasteiger partial charge in [0.25, 0.3) is 0 Å². The number of halogens is 4. The average Bonchev–Trinajstić information content (AvgIpc) is 3.72. The van der Waals surface area contributed by atoms with Crippen molar-refractivity contribution < 1.29 is 27.4 Å². The molecule has 0 radical (unpaired) electrons. The Morgan fingerprint density at radius 2 is 1.42 bits per heavy atom. The van der Waals surface area contributed by atoms with Crippen LogP contribution in [0.1, 0.15) is 66.9 Å². The maximum Gasteiger partial charge on any atom is 0.167 e. The molecule has 1 N–H and O–H groups in total. The molecule has 2 atom stereocenters. The Morgan fingerprint density at radius 1 is 0.778 bits per heavy atom. The smallest absolute Gasteiger partial charge is 0.167 e. The van der Waals surface area contributed by atoms with Gasteiger partial charge in [-0.3, -0.25) is 0 Å². The van der Waals surface area contributed by atoms with Crippen molar-refractivity contribution in [3.05, 3.63) is 94.1 Å². The fourth-order valence-corrected chi connectivity index (χ4v) is 5.42. The van der Waals surface area contributed by atoms with E-state index in [9.17, 15) is 22.7 Å². The normalized spacial score (nSPS) is 22.4. The summed E-state index contributed by atoms with van der Waals surface area (Å²) in [6, 6.07) is 13.5. The lowest BCUT2D eigenvalue weighted by molar-refractivity contribution is 0.0963. The molecule has 0 spiro atoms. The van der Waals surface area contributed by atoms with Gasteiger partial charge < -0.3 is 9.84 Å². The Bertz CT molecular complexity index is 1230. The predicted molar refractivity (Wildman–Crippen MR) is 131 cm³/mol. The summed E-state index contributed by atoms with van der Waals surface area (Å²) < 4.78 is 63.8. The van der Waals surface area contributed by atoms with Crippen LogP contribution in [-0.2, 0) is 17.6 Å². The number of hydrogen-bond acceptors (Lipinski definition) is 2. The van der Waals surface area contributed by atoms with Gasteiger partial charge in [0, 0.05) is 11.1 Å². The van der Waals surface area contributed by atoms with Crippen molar-refractivity contribution in [1.82, 2.24) is 0 Å². The van der Waals surface area contributed by atoms with Crippen LogP contribution in [0.5, 0.6) is 0 Å². The second-order valence-corrected chi connectivity index (χ2v) is 10.1. The standard InChI is InChI=1S/C30H30F4O2/c1-17(35)19-8-10-21(11-9-19)23-13-12-22(27(31)28(23)32)7-4-18-2-5-20(6-3-18)24-14-15-25(26-16-36-26)30(34)29(24)33/h2-3,5-6,12-15,17,19,21,26,35H,4,7-11,16H2,1H3. The van der Waals surface area contributed by atoms with Gasteiger partial charge >= 0.3 is 0 Å². The molecule has 2 fully saturated rings. The van der Waals surface area contributed by atoms with Crippen LogP contribution < -0.4 is 0 Å². The van der Waals surface area contributed by atoms with Crippen LogP contribution in [0, 0.1) is 29.2 Å². The maximum atomic E-state index is 14.9. The molecule has 36 heavy (non-hydrogen) atoms. The highest BCUT2D eigenvalue weighted by Crippen LogP contribution is 2.39. The summed E-state index contributed by atoms with van der Waals surface area (Å²) in [6.45, 7) is 2.19. The highest BCUT2D eigenvalue weighted by Gasteiger charge is 2.30. The minimum Gasteiger partial charge on any atom is -0.393 e. The lowest BCUT2D eigenvalue weighted by atomic mass is 9.76. The molecule has 2 nitrogen and oxygen atoms in total. The van der Waals surface area contributed by atoms with Crippen LogP contribution in [0.3, 0.4) is 0 Å². The number of ether oxygens (including phenoxy) is 1. The number of benzene rings is 3. The van der Waals surface area contributed by atoms with E-state index in [0.29, 0.717) is 36.1 Å². The topological polar surface area (TPSA) is 32.8 Å². The number of epoxide rings is 1. The van der Waals surface area contributed by atoms with Gasteiger partial charge in [0.05, 0.1) is 12.7 Å². The van der Waals surface area contributed by atoms with Gasteiger partial charge in [-0.1, -0.05) is 48.5 Å².